The quantitative estimate of drug-likeness (QED) is 0.472. The zero-order valence-electron chi connectivity index (χ0n) is 14.5. The molecule has 1 aliphatic rings. The lowest BCUT2D eigenvalue weighted by molar-refractivity contribution is -0.292. The first-order valence-corrected chi connectivity index (χ1v) is 8.45. The number of hydroxylamine groups is 2. The predicted molar refractivity (Wildman–Crippen MR) is 82.2 cm³/mol. The van der Waals surface area contributed by atoms with Crippen molar-refractivity contribution in [3.8, 4) is 0 Å². The minimum absolute atomic E-state index is 0.0612. The van der Waals surface area contributed by atoms with Gasteiger partial charge < -0.3 is 9.84 Å². The number of alkyl halides is 3. The van der Waals surface area contributed by atoms with Gasteiger partial charge in [-0.05, 0) is 31.6 Å². The van der Waals surface area contributed by atoms with E-state index in [0.29, 0.717) is 18.1 Å². The Bertz CT molecular complexity index is 424. The van der Waals surface area contributed by atoms with Gasteiger partial charge in [0.05, 0.1) is 12.0 Å². The second-order valence-corrected chi connectivity index (χ2v) is 6.66. The van der Waals surface area contributed by atoms with Crippen molar-refractivity contribution in [2.24, 2.45) is 11.8 Å². The molecule has 1 aliphatic heterocycles. The molecule has 9 heteroatoms. The average molecular weight is 369 g/mol. The van der Waals surface area contributed by atoms with E-state index in [4.69, 9.17) is 9.57 Å². The van der Waals surface area contributed by atoms with Crippen molar-refractivity contribution in [1.82, 2.24) is 5.06 Å². The molecule has 1 fully saturated rings. The van der Waals surface area contributed by atoms with E-state index in [9.17, 15) is 27.9 Å². The Kier molecular flexibility index (Phi) is 8.64. The van der Waals surface area contributed by atoms with Crippen LogP contribution in [0, 0.1) is 11.8 Å². The number of carbonyl (C=O) groups is 2. The number of aliphatic carboxylic acids is 1. The number of rotatable bonds is 10. The monoisotopic (exact) mass is 369 g/mol. The molecule has 1 amide bonds. The summed E-state index contributed by atoms with van der Waals surface area (Å²) in [6.07, 6.45) is -4.42. The molecule has 0 saturated carbocycles. The molecule has 146 valence electrons. The number of carboxylic acid groups (broad SMARTS) is 1. The maximum atomic E-state index is 12.6. The molecule has 0 aromatic rings. The number of amides is 1. The second kappa shape index (κ2) is 9.96. The topological polar surface area (TPSA) is 76.1 Å². The third-order valence-electron chi connectivity index (χ3n) is 4.04. The highest BCUT2D eigenvalue weighted by atomic mass is 19.4. The Balaban J connectivity index is 2.94. The van der Waals surface area contributed by atoms with Gasteiger partial charge in [-0.2, -0.15) is 13.2 Å². The first-order valence-electron chi connectivity index (χ1n) is 8.45. The average Bonchev–Trinajstić information content (AvgIpc) is 2.52. The highest BCUT2D eigenvalue weighted by molar-refractivity contribution is 5.71. The summed E-state index contributed by atoms with van der Waals surface area (Å²) in [5, 5.41) is 10.2. The first-order chi connectivity index (χ1) is 11.6. The molecule has 0 radical (unpaired) electrons. The fraction of sp³-hybridized carbons (Fsp3) is 0.875. The summed E-state index contributed by atoms with van der Waals surface area (Å²) in [5.41, 5.74) is 0. The molecule has 1 saturated heterocycles. The fourth-order valence-electron chi connectivity index (χ4n) is 2.86. The van der Waals surface area contributed by atoms with Gasteiger partial charge in [-0.3, -0.25) is 9.59 Å². The van der Waals surface area contributed by atoms with Crippen LogP contribution in [0.1, 0.15) is 52.4 Å². The first kappa shape index (κ1) is 21.7. The largest absolute Gasteiger partial charge is 0.481 e. The zero-order chi connectivity index (χ0) is 19.0. The van der Waals surface area contributed by atoms with E-state index in [1.807, 2.05) is 0 Å². The Morgan fingerprint density at radius 1 is 1.40 bits per heavy atom. The van der Waals surface area contributed by atoms with Crippen molar-refractivity contribution < 1.29 is 37.4 Å². The van der Waals surface area contributed by atoms with Gasteiger partial charge >= 0.3 is 12.1 Å². The molecule has 0 aliphatic carbocycles. The van der Waals surface area contributed by atoms with Crippen LogP contribution < -0.4 is 0 Å². The van der Waals surface area contributed by atoms with Crippen molar-refractivity contribution in [3.05, 3.63) is 0 Å². The van der Waals surface area contributed by atoms with Gasteiger partial charge in [0, 0.05) is 19.4 Å². The summed E-state index contributed by atoms with van der Waals surface area (Å²) in [6, 6.07) is -1.22. The molecule has 0 spiro atoms. The SMILES string of the molecule is CC(C)CC(C(=O)O)C(CCC(F)(F)F)N(C=O)OC1CCCCO1. The van der Waals surface area contributed by atoms with Crippen molar-refractivity contribution in [2.45, 2.75) is 70.9 Å². The van der Waals surface area contributed by atoms with Gasteiger partial charge in [-0.15, -0.1) is 0 Å². The third-order valence-corrected chi connectivity index (χ3v) is 4.04. The Morgan fingerprint density at radius 3 is 2.52 bits per heavy atom. The molecule has 1 N–H and O–H groups in total. The normalized spacial score (nSPS) is 21.0. The maximum Gasteiger partial charge on any atom is 0.389 e. The number of carboxylic acids is 1. The molecule has 1 rings (SSSR count). The summed E-state index contributed by atoms with van der Waals surface area (Å²) >= 11 is 0. The van der Waals surface area contributed by atoms with Gasteiger partial charge in [0.1, 0.15) is 0 Å². The summed E-state index contributed by atoms with van der Waals surface area (Å²) in [6.45, 7) is 3.97. The van der Waals surface area contributed by atoms with E-state index >= 15 is 0 Å². The predicted octanol–water partition coefficient (Wildman–Crippen LogP) is 3.36. The van der Waals surface area contributed by atoms with Gasteiger partial charge in [0.2, 0.25) is 6.41 Å². The summed E-state index contributed by atoms with van der Waals surface area (Å²) < 4.78 is 43.3. The van der Waals surface area contributed by atoms with Crippen LogP contribution in [-0.4, -0.2) is 47.7 Å². The molecule has 3 atom stereocenters. The minimum atomic E-state index is -4.45. The highest BCUT2D eigenvalue weighted by Crippen LogP contribution is 2.30. The van der Waals surface area contributed by atoms with Gasteiger partial charge in [-0.1, -0.05) is 13.8 Å². The van der Waals surface area contributed by atoms with Crippen molar-refractivity contribution >= 4 is 12.4 Å². The van der Waals surface area contributed by atoms with Crippen LogP contribution in [0.25, 0.3) is 0 Å². The van der Waals surface area contributed by atoms with E-state index in [-0.39, 0.29) is 18.7 Å². The van der Waals surface area contributed by atoms with Crippen LogP contribution in [0.2, 0.25) is 0 Å². The Morgan fingerprint density at radius 2 is 2.08 bits per heavy atom. The van der Waals surface area contributed by atoms with E-state index in [1.165, 1.54) is 0 Å². The van der Waals surface area contributed by atoms with Crippen LogP contribution in [-0.2, 0) is 19.2 Å². The lowest BCUT2D eigenvalue weighted by atomic mass is 9.87. The number of hydrogen-bond acceptors (Lipinski definition) is 4. The zero-order valence-corrected chi connectivity index (χ0v) is 14.5. The molecule has 0 aromatic carbocycles. The smallest absolute Gasteiger partial charge is 0.389 e. The van der Waals surface area contributed by atoms with Crippen molar-refractivity contribution in [3.63, 3.8) is 0 Å². The number of nitrogens with zero attached hydrogens (tertiary/aromatic N) is 1. The van der Waals surface area contributed by atoms with Crippen LogP contribution in [0.5, 0.6) is 0 Å². The van der Waals surface area contributed by atoms with Crippen LogP contribution in [0.4, 0.5) is 13.2 Å². The van der Waals surface area contributed by atoms with Crippen LogP contribution >= 0.6 is 0 Å². The maximum absolute atomic E-state index is 12.6. The van der Waals surface area contributed by atoms with E-state index < -0.39 is 43.2 Å². The Labute approximate surface area is 145 Å². The summed E-state index contributed by atoms with van der Waals surface area (Å²) in [5.74, 6) is -2.47. The molecule has 3 unspecified atom stereocenters. The molecular formula is C16H26F3NO5. The van der Waals surface area contributed by atoms with Crippen molar-refractivity contribution in [1.29, 1.82) is 0 Å². The minimum Gasteiger partial charge on any atom is -0.481 e. The number of carbonyl (C=O) groups excluding carboxylic acids is 1. The van der Waals surface area contributed by atoms with Crippen LogP contribution in [0.3, 0.4) is 0 Å². The van der Waals surface area contributed by atoms with Gasteiger partial charge in [-0.25, -0.2) is 9.90 Å². The highest BCUT2D eigenvalue weighted by Gasteiger charge is 2.38. The number of hydrogen-bond donors (Lipinski definition) is 1. The van der Waals surface area contributed by atoms with Crippen molar-refractivity contribution in [2.75, 3.05) is 6.61 Å². The summed E-state index contributed by atoms with van der Waals surface area (Å²) in [7, 11) is 0. The van der Waals surface area contributed by atoms with E-state index in [0.717, 1.165) is 12.8 Å². The van der Waals surface area contributed by atoms with Gasteiger partial charge in [0.25, 0.3) is 0 Å². The van der Waals surface area contributed by atoms with E-state index in [1.54, 1.807) is 13.8 Å². The van der Waals surface area contributed by atoms with Crippen LogP contribution in [0.15, 0.2) is 0 Å². The van der Waals surface area contributed by atoms with Gasteiger partial charge in [0.15, 0.2) is 6.29 Å². The Hall–Kier alpha value is -1.35. The molecular weight excluding hydrogens is 343 g/mol. The lowest BCUT2D eigenvalue weighted by Gasteiger charge is -2.35. The number of halogens is 3. The molecule has 1 heterocycles. The third kappa shape index (κ3) is 8.04. The summed E-state index contributed by atoms with van der Waals surface area (Å²) in [4.78, 5) is 28.4. The molecule has 6 nitrogen and oxygen atoms in total. The fourth-order valence-corrected chi connectivity index (χ4v) is 2.86. The molecule has 0 bridgehead atoms. The lowest BCUT2D eigenvalue weighted by Crippen LogP contribution is -2.46. The standard InChI is InChI=1S/C16H26F3NO5/c1-11(2)9-12(15(22)23)13(6-7-16(17,18)19)20(10-21)25-14-5-3-4-8-24-14/h10-14H,3-9H2,1-2H3,(H,22,23). The molecule has 0 aromatic heterocycles. The number of ether oxygens (including phenoxy) is 1. The second-order valence-electron chi connectivity index (χ2n) is 6.66. The van der Waals surface area contributed by atoms with E-state index in [2.05, 4.69) is 0 Å². The molecule has 25 heavy (non-hydrogen) atoms.